The molecule has 0 saturated carbocycles. The summed E-state index contributed by atoms with van der Waals surface area (Å²) in [5, 5.41) is 3.47. The van der Waals surface area contributed by atoms with Crippen molar-refractivity contribution in [3.63, 3.8) is 0 Å². The van der Waals surface area contributed by atoms with Crippen LogP contribution in [0.1, 0.15) is 11.4 Å². The van der Waals surface area contributed by atoms with E-state index in [4.69, 9.17) is 0 Å². The molecule has 0 radical (unpaired) electrons. The van der Waals surface area contributed by atoms with Crippen LogP contribution in [0, 0.1) is 6.92 Å². The van der Waals surface area contributed by atoms with Gasteiger partial charge in [-0.05, 0) is 38.1 Å². The summed E-state index contributed by atoms with van der Waals surface area (Å²) < 4.78 is 2.15. The Bertz CT molecular complexity index is 587. The fourth-order valence-electron chi connectivity index (χ4n) is 2.86. The van der Waals surface area contributed by atoms with Gasteiger partial charge >= 0.3 is 0 Å². The topological polar surface area (TPSA) is 33.1 Å². The second-order valence-corrected chi connectivity index (χ2v) is 5.58. The summed E-state index contributed by atoms with van der Waals surface area (Å²) >= 11 is 0. The van der Waals surface area contributed by atoms with Gasteiger partial charge in [-0.2, -0.15) is 0 Å². The van der Waals surface area contributed by atoms with Crippen molar-refractivity contribution >= 4 is 11.0 Å². The van der Waals surface area contributed by atoms with Crippen molar-refractivity contribution in [1.29, 1.82) is 0 Å². The molecule has 0 aliphatic carbocycles. The van der Waals surface area contributed by atoms with E-state index in [1.165, 1.54) is 11.1 Å². The molecule has 1 aromatic carbocycles. The minimum atomic E-state index is 0.594. The van der Waals surface area contributed by atoms with Gasteiger partial charge in [0.15, 0.2) is 0 Å². The molecule has 1 fully saturated rings. The zero-order valence-electron chi connectivity index (χ0n) is 12.0. The van der Waals surface area contributed by atoms with E-state index in [1.54, 1.807) is 0 Å². The average molecular weight is 258 g/mol. The number of aromatic nitrogens is 2. The van der Waals surface area contributed by atoms with Crippen molar-refractivity contribution in [2.45, 2.75) is 19.4 Å². The highest BCUT2D eigenvalue weighted by atomic mass is 15.2. The molecule has 1 aliphatic heterocycles. The van der Waals surface area contributed by atoms with Gasteiger partial charge in [-0.1, -0.05) is 6.07 Å². The summed E-state index contributed by atoms with van der Waals surface area (Å²) in [5.41, 5.74) is 3.71. The molecule has 19 heavy (non-hydrogen) atoms. The minimum absolute atomic E-state index is 0.594. The SMILES string of the molecule is Cc1nc2cc(CC3CNCCN3C)ccc2n1C. The van der Waals surface area contributed by atoms with Crippen LogP contribution in [0.3, 0.4) is 0 Å². The number of nitrogens with zero attached hydrogens (tertiary/aromatic N) is 3. The van der Waals surface area contributed by atoms with Gasteiger partial charge in [0.2, 0.25) is 0 Å². The first kappa shape index (κ1) is 12.6. The predicted molar refractivity (Wildman–Crippen MR) is 78.4 cm³/mol. The van der Waals surface area contributed by atoms with Gasteiger partial charge in [-0.3, -0.25) is 0 Å². The second kappa shape index (κ2) is 4.94. The fourth-order valence-corrected chi connectivity index (χ4v) is 2.86. The maximum Gasteiger partial charge on any atom is 0.106 e. The van der Waals surface area contributed by atoms with Gasteiger partial charge in [0, 0.05) is 32.7 Å². The van der Waals surface area contributed by atoms with Crippen molar-refractivity contribution in [2.75, 3.05) is 26.7 Å². The summed E-state index contributed by atoms with van der Waals surface area (Å²) in [6.45, 7) is 5.37. The summed E-state index contributed by atoms with van der Waals surface area (Å²) in [5.74, 6) is 1.07. The Labute approximate surface area is 114 Å². The van der Waals surface area contributed by atoms with Crippen molar-refractivity contribution < 1.29 is 0 Å². The van der Waals surface area contributed by atoms with Gasteiger partial charge in [0.05, 0.1) is 11.0 Å². The molecule has 1 N–H and O–H groups in total. The number of hydrogen-bond donors (Lipinski definition) is 1. The van der Waals surface area contributed by atoms with Crippen LogP contribution < -0.4 is 5.32 Å². The molecule has 4 heteroatoms. The van der Waals surface area contributed by atoms with Crippen molar-refractivity contribution in [2.24, 2.45) is 7.05 Å². The number of hydrogen-bond acceptors (Lipinski definition) is 3. The molecule has 102 valence electrons. The average Bonchev–Trinajstić information content (AvgIpc) is 2.68. The number of rotatable bonds is 2. The third-order valence-corrected chi connectivity index (χ3v) is 4.28. The number of fused-ring (bicyclic) bond motifs is 1. The number of imidazole rings is 1. The molecule has 1 saturated heterocycles. The summed E-state index contributed by atoms with van der Waals surface area (Å²) in [6, 6.07) is 7.27. The number of benzene rings is 1. The Balaban J connectivity index is 1.85. The van der Waals surface area contributed by atoms with Crippen molar-refractivity contribution in [3.8, 4) is 0 Å². The van der Waals surface area contributed by atoms with E-state index in [9.17, 15) is 0 Å². The van der Waals surface area contributed by atoms with Gasteiger partial charge < -0.3 is 14.8 Å². The lowest BCUT2D eigenvalue weighted by Gasteiger charge is -2.33. The molecule has 2 heterocycles. The van der Waals surface area contributed by atoms with Crippen LogP contribution in [0.15, 0.2) is 18.2 Å². The quantitative estimate of drug-likeness (QED) is 0.882. The normalized spacial score (nSPS) is 21.1. The molecule has 0 bridgehead atoms. The number of nitrogens with one attached hydrogen (secondary N) is 1. The van der Waals surface area contributed by atoms with E-state index in [1.807, 2.05) is 0 Å². The highest BCUT2D eigenvalue weighted by molar-refractivity contribution is 5.76. The van der Waals surface area contributed by atoms with Crippen molar-refractivity contribution in [1.82, 2.24) is 19.8 Å². The predicted octanol–water partition coefficient (Wildman–Crippen LogP) is 1.33. The van der Waals surface area contributed by atoms with E-state index < -0.39 is 0 Å². The molecule has 0 amide bonds. The highest BCUT2D eigenvalue weighted by Crippen LogP contribution is 2.18. The third-order valence-electron chi connectivity index (χ3n) is 4.28. The first-order valence-electron chi connectivity index (χ1n) is 6.98. The van der Waals surface area contributed by atoms with Crippen molar-refractivity contribution in [3.05, 3.63) is 29.6 Å². The molecular weight excluding hydrogens is 236 g/mol. The smallest absolute Gasteiger partial charge is 0.106 e. The van der Waals surface area contributed by atoms with E-state index in [2.05, 4.69) is 59.0 Å². The van der Waals surface area contributed by atoms with E-state index in [-0.39, 0.29) is 0 Å². The van der Waals surface area contributed by atoms with Gasteiger partial charge in [0.25, 0.3) is 0 Å². The Morgan fingerprint density at radius 2 is 2.21 bits per heavy atom. The maximum absolute atomic E-state index is 4.62. The molecule has 1 aliphatic rings. The fraction of sp³-hybridized carbons (Fsp3) is 0.533. The van der Waals surface area contributed by atoms with Crippen LogP contribution in [-0.4, -0.2) is 47.2 Å². The number of piperazine rings is 1. The van der Waals surface area contributed by atoms with Crippen LogP contribution in [-0.2, 0) is 13.5 Å². The molecule has 3 rings (SSSR count). The van der Waals surface area contributed by atoms with Crippen LogP contribution in [0.4, 0.5) is 0 Å². The number of aryl methyl sites for hydroxylation is 2. The van der Waals surface area contributed by atoms with Crippen LogP contribution in [0.25, 0.3) is 11.0 Å². The molecule has 1 atom stereocenters. The Morgan fingerprint density at radius 3 is 3.00 bits per heavy atom. The van der Waals surface area contributed by atoms with E-state index in [0.29, 0.717) is 6.04 Å². The van der Waals surface area contributed by atoms with Gasteiger partial charge in [-0.15, -0.1) is 0 Å². The lowest BCUT2D eigenvalue weighted by molar-refractivity contribution is 0.199. The van der Waals surface area contributed by atoms with Gasteiger partial charge in [-0.25, -0.2) is 4.98 Å². The first-order chi connectivity index (χ1) is 9.15. The summed E-state index contributed by atoms with van der Waals surface area (Å²) in [4.78, 5) is 7.07. The van der Waals surface area contributed by atoms with Gasteiger partial charge in [0.1, 0.15) is 5.82 Å². The minimum Gasteiger partial charge on any atom is -0.331 e. The van der Waals surface area contributed by atoms with E-state index in [0.717, 1.165) is 37.4 Å². The molecule has 4 nitrogen and oxygen atoms in total. The Hall–Kier alpha value is -1.39. The zero-order valence-corrected chi connectivity index (χ0v) is 12.0. The zero-order chi connectivity index (χ0) is 13.4. The largest absolute Gasteiger partial charge is 0.331 e. The standard InChI is InChI=1S/C15H22N4/c1-11-17-14-9-12(4-5-15(14)19(11)3)8-13-10-16-6-7-18(13)2/h4-5,9,13,16H,6-8,10H2,1-3H3. The Kier molecular flexibility index (Phi) is 3.29. The molecule has 2 aromatic rings. The summed E-state index contributed by atoms with van der Waals surface area (Å²) in [7, 11) is 4.29. The summed E-state index contributed by atoms with van der Waals surface area (Å²) in [6.07, 6.45) is 1.09. The monoisotopic (exact) mass is 258 g/mol. The molecule has 0 spiro atoms. The second-order valence-electron chi connectivity index (χ2n) is 5.58. The number of likely N-dealkylation sites (N-methyl/N-ethyl adjacent to an activating group) is 1. The maximum atomic E-state index is 4.62. The molecule has 1 aromatic heterocycles. The third kappa shape index (κ3) is 2.38. The lowest BCUT2D eigenvalue weighted by atomic mass is 10.0. The molecule has 1 unspecified atom stereocenters. The van der Waals surface area contributed by atoms with Crippen LogP contribution >= 0.6 is 0 Å². The highest BCUT2D eigenvalue weighted by Gasteiger charge is 2.19. The van der Waals surface area contributed by atoms with E-state index >= 15 is 0 Å². The van der Waals surface area contributed by atoms with Crippen LogP contribution in [0.5, 0.6) is 0 Å². The molecular formula is C15H22N4. The van der Waals surface area contributed by atoms with Crippen LogP contribution in [0.2, 0.25) is 0 Å². The Morgan fingerprint density at radius 1 is 1.37 bits per heavy atom. The first-order valence-corrected chi connectivity index (χ1v) is 6.98. The lowest BCUT2D eigenvalue weighted by Crippen LogP contribution is -2.50.